The quantitative estimate of drug-likeness (QED) is 0.594. The second kappa shape index (κ2) is 8.79. The average Bonchev–Trinajstić information content (AvgIpc) is 2.96. The van der Waals surface area contributed by atoms with E-state index in [1.54, 1.807) is 23.6 Å². The molecule has 0 N–H and O–H groups in total. The number of fused-ring (bicyclic) bond motifs is 1. The van der Waals surface area contributed by atoms with Gasteiger partial charge in [-0.25, -0.2) is 4.39 Å². The Labute approximate surface area is 164 Å². The molecule has 3 aromatic rings. The van der Waals surface area contributed by atoms with Crippen LogP contribution >= 0.6 is 11.3 Å². The summed E-state index contributed by atoms with van der Waals surface area (Å²) in [4.78, 5) is 28.6. The first kappa shape index (κ1) is 19.8. The second-order valence-corrected chi connectivity index (χ2v) is 7.01. The molecule has 3 rings (SSSR count). The van der Waals surface area contributed by atoms with Gasteiger partial charge < -0.3 is 14.0 Å². The summed E-state index contributed by atoms with van der Waals surface area (Å²) in [5.74, 6) is -0.804. The lowest BCUT2D eigenvalue weighted by atomic mass is 10.2. The highest BCUT2D eigenvalue weighted by molar-refractivity contribution is 7.16. The zero-order valence-electron chi connectivity index (χ0n) is 15.5. The number of rotatable bonds is 6. The summed E-state index contributed by atoms with van der Waals surface area (Å²) >= 11 is 1.12. The van der Waals surface area contributed by atoms with E-state index < -0.39 is 17.7 Å². The van der Waals surface area contributed by atoms with Crippen LogP contribution in [0.25, 0.3) is 10.2 Å². The Balaban J connectivity index is 1.89. The molecular weight excluding hydrogens is 383 g/mol. The Morgan fingerprint density at radius 1 is 1.21 bits per heavy atom. The molecule has 0 spiro atoms. The molecule has 1 heterocycles. The molecule has 0 radical (unpaired) electrons. The number of carbonyl (C=O) groups excluding carboxylic acids is 2. The molecule has 0 bridgehead atoms. The normalized spacial score (nSPS) is 11.6. The van der Waals surface area contributed by atoms with Crippen molar-refractivity contribution >= 4 is 33.4 Å². The van der Waals surface area contributed by atoms with Gasteiger partial charge >= 0.3 is 5.97 Å². The van der Waals surface area contributed by atoms with Crippen molar-refractivity contribution in [2.45, 2.75) is 20.4 Å². The van der Waals surface area contributed by atoms with Gasteiger partial charge in [0.25, 0.3) is 5.91 Å². The summed E-state index contributed by atoms with van der Waals surface area (Å²) in [6.45, 7) is 3.51. The molecule has 0 atom stereocenters. The van der Waals surface area contributed by atoms with Gasteiger partial charge in [0.05, 0.1) is 16.8 Å². The van der Waals surface area contributed by atoms with Crippen LogP contribution in [0, 0.1) is 12.7 Å². The molecule has 28 heavy (non-hydrogen) atoms. The van der Waals surface area contributed by atoms with Crippen molar-refractivity contribution in [3.05, 3.63) is 58.6 Å². The van der Waals surface area contributed by atoms with Gasteiger partial charge in [0, 0.05) is 0 Å². The third-order valence-electron chi connectivity index (χ3n) is 3.81. The maximum absolute atomic E-state index is 13.6. The van der Waals surface area contributed by atoms with E-state index in [-0.39, 0.29) is 24.6 Å². The number of aromatic nitrogens is 1. The molecule has 0 saturated heterocycles. The Hall–Kier alpha value is -3.00. The van der Waals surface area contributed by atoms with E-state index in [2.05, 4.69) is 4.99 Å². The van der Waals surface area contributed by atoms with Crippen molar-refractivity contribution < 1.29 is 23.5 Å². The van der Waals surface area contributed by atoms with Crippen LogP contribution in [-0.2, 0) is 20.9 Å². The fourth-order valence-corrected chi connectivity index (χ4v) is 3.68. The molecule has 1 aromatic heterocycles. The molecule has 0 fully saturated rings. The minimum absolute atomic E-state index is 0.121. The Morgan fingerprint density at radius 2 is 2.04 bits per heavy atom. The lowest BCUT2D eigenvalue weighted by molar-refractivity contribution is -0.143. The van der Waals surface area contributed by atoms with Crippen molar-refractivity contribution in [2.75, 3.05) is 13.2 Å². The molecule has 6 nitrogen and oxygen atoms in total. The van der Waals surface area contributed by atoms with Crippen molar-refractivity contribution in [1.82, 2.24) is 4.57 Å². The monoisotopic (exact) mass is 402 g/mol. The zero-order chi connectivity index (χ0) is 20.1. The summed E-state index contributed by atoms with van der Waals surface area (Å²) in [5, 5.41) is 0. The highest BCUT2D eigenvalue weighted by atomic mass is 32.1. The highest BCUT2D eigenvalue weighted by Crippen LogP contribution is 2.19. The molecule has 146 valence electrons. The van der Waals surface area contributed by atoms with Gasteiger partial charge in [-0.1, -0.05) is 23.5 Å². The maximum Gasteiger partial charge on any atom is 0.326 e. The Bertz CT molecular complexity index is 1090. The van der Waals surface area contributed by atoms with Crippen LogP contribution in [0.2, 0.25) is 0 Å². The summed E-state index contributed by atoms with van der Waals surface area (Å²) in [7, 11) is 0. The van der Waals surface area contributed by atoms with E-state index in [0.29, 0.717) is 16.0 Å². The molecule has 2 aromatic carbocycles. The predicted octanol–water partition coefficient (Wildman–Crippen LogP) is 3.22. The van der Waals surface area contributed by atoms with Gasteiger partial charge in [0.1, 0.15) is 18.1 Å². The van der Waals surface area contributed by atoms with Gasteiger partial charge in [-0.3, -0.25) is 9.59 Å². The van der Waals surface area contributed by atoms with Crippen LogP contribution in [0.4, 0.5) is 4.39 Å². The number of aryl methyl sites for hydroxylation is 1. The summed E-state index contributed by atoms with van der Waals surface area (Å²) in [6.07, 6.45) is 0. The van der Waals surface area contributed by atoms with E-state index >= 15 is 0 Å². The number of hydrogen-bond donors (Lipinski definition) is 0. The third-order valence-corrected chi connectivity index (χ3v) is 4.85. The third kappa shape index (κ3) is 4.83. The Morgan fingerprint density at radius 3 is 2.79 bits per heavy atom. The number of hydrogen-bond acceptors (Lipinski definition) is 5. The summed E-state index contributed by atoms with van der Waals surface area (Å²) in [6, 6.07) is 11.5. The molecule has 0 aliphatic carbocycles. The number of ether oxygens (including phenoxy) is 2. The second-order valence-electron chi connectivity index (χ2n) is 6.00. The van der Waals surface area contributed by atoms with Gasteiger partial charge in [0.15, 0.2) is 11.4 Å². The van der Waals surface area contributed by atoms with Gasteiger partial charge in [-0.15, -0.1) is 0 Å². The fourth-order valence-electron chi connectivity index (χ4n) is 2.61. The van der Waals surface area contributed by atoms with Crippen molar-refractivity contribution in [1.29, 1.82) is 0 Å². The molecule has 0 saturated carbocycles. The number of esters is 1. The predicted molar refractivity (Wildman–Crippen MR) is 104 cm³/mol. The van der Waals surface area contributed by atoms with E-state index in [9.17, 15) is 14.0 Å². The SMILES string of the molecule is CCOC(=O)Cn1c(=NC(=O)COc2cccc(C)c2)sc2cc(F)ccc21. The number of amides is 1. The van der Waals surface area contributed by atoms with Crippen LogP contribution in [-0.4, -0.2) is 29.7 Å². The first-order valence-electron chi connectivity index (χ1n) is 8.68. The van der Waals surface area contributed by atoms with E-state index in [1.165, 1.54) is 12.1 Å². The highest BCUT2D eigenvalue weighted by Gasteiger charge is 2.13. The molecule has 0 unspecified atom stereocenters. The van der Waals surface area contributed by atoms with Crippen molar-refractivity contribution in [3.8, 4) is 5.75 Å². The fraction of sp³-hybridized carbons (Fsp3) is 0.250. The number of benzene rings is 2. The first-order valence-corrected chi connectivity index (χ1v) is 9.49. The summed E-state index contributed by atoms with van der Waals surface area (Å²) < 4.78 is 26.1. The van der Waals surface area contributed by atoms with Crippen molar-refractivity contribution in [3.63, 3.8) is 0 Å². The van der Waals surface area contributed by atoms with Crippen molar-refractivity contribution in [2.24, 2.45) is 4.99 Å². The number of nitrogens with zero attached hydrogens (tertiary/aromatic N) is 2. The number of carbonyl (C=O) groups is 2. The minimum atomic E-state index is -0.508. The smallest absolute Gasteiger partial charge is 0.326 e. The summed E-state index contributed by atoms with van der Waals surface area (Å²) in [5.41, 5.74) is 1.62. The topological polar surface area (TPSA) is 69.9 Å². The van der Waals surface area contributed by atoms with E-state index in [1.807, 2.05) is 25.1 Å². The molecule has 8 heteroatoms. The maximum atomic E-state index is 13.6. The standard InChI is InChI=1S/C20H19FN2O4S/c1-3-26-19(25)11-23-16-8-7-14(21)10-17(16)28-20(23)22-18(24)12-27-15-6-4-5-13(2)9-15/h4-10H,3,11-12H2,1-2H3. The van der Waals surface area contributed by atoms with Gasteiger partial charge in [-0.05, 0) is 49.7 Å². The lowest BCUT2D eigenvalue weighted by Gasteiger charge is -2.05. The molecule has 0 aliphatic heterocycles. The first-order chi connectivity index (χ1) is 13.5. The van der Waals surface area contributed by atoms with E-state index in [4.69, 9.17) is 9.47 Å². The number of thiazole rings is 1. The molecular formula is C20H19FN2O4S. The van der Waals surface area contributed by atoms with Gasteiger partial charge in [0.2, 0.25) is 0 Å². The Kier molecular flexibility index (Phi) is 6.20. The van der Waals surface area contributed by atoms with Crippen LogP contribution in [0.5, 0.6) is 5.75 Å². The van der Waals surface area contributed by atoms with Crippen LogP contribution in [0.3, 0.4) is 0 Å². The largest absolute Gasteiger partial charge is 0.484 e. The van der Waals surface area contributed by atoms with Crippen LogP contribution in [0.15, 0.2) is 47.5 Å². The van der Waals surface area contributed by atoms with E-state index in [0.717, 1.165) is 16.9 Å². The number of halogens is 1. The van der Waals surface area contributed by atoms with Crippen LogP contribution < -0.4 is 9.54 Å². The van der Waals surface area contributed by atoms with Gasteiger partial charge in [-0.2, -0.15) is 4.99 Å². The molecule has 0 aliphatic rings. The zero-order valence-corrected chi connectivity index (χ0v) is 16.3. The molecule has 1 amide bonds. The van der Waals surface area contributed by atoms with Crippen LogP contribution in [0.1, 0.15) is 12.5 Å². The minimum Gasteiger partial charge on any atom is -0.484 e. The lowest BCUT2D eigenvalue weighted by Crippen LogP contribution is -2.24. The average molecular weight is 402 g/mol.